The van der Waals surface area contributed by atoms with Crippen LogP contribution in [0.3, 0.4) is 0 Å². The molecule has 9 nitrogen and oxygen atoms in total. The Bertz CT molecular complexity index is 1230. The van der Waals surface area contributed by atoms with Gasteiger partial charge in [0.1, 0.15) is 22.7 Å². The van der Waals surface area contributed by atoms with E-state index in [1.807, 2.05) is 0 Å². The number of halogens is 1. The summed E-state index contributed by atoms with van der Waals surface area (Å²) in [6.45, 7) is 3.00. The standard InChI is InChI=1S/C22H21FN4O5/c1-2-31-21(30)13-11-25-27-18(13)24-10-14(20(27)29)19(28)26-8-6-22(7-9-26)12-32-16-5-3-4-15(23)17(16)22/h3-5,10-11,29H,2,6-9,12H2,1H3. The van der Waals surface area contributed by atoms with Crippen molar-refractivity contribution in [3.05, 3.63) is 53.1 Å². The molecular formula is C22H21FN4O5. The van der Waals surface area contributed by atoms with Crippen LogP contribution in [0.15, 0.2) is 30.6 Å². The molecule has 1 fully saturated rings. The first kappa shape index (κ1) is 20.2. The summed E-state index contributed by atoms with van der Waals surface area (Å²) in [6, 6.07) is 4.82. The van der Waals surface area contributed by atoms with Crippen molar-refractivity contribution in [2.45, 2.75) is 25.2 Å². The second-order valence-electron chi connectivity index (χ2n) is 7.98. The maximum atomic E-state index is 14.5. The van der Waals surface area contributed by atoms with Crippen LogP contribution in [0.25, 0.3) is 5.65 Å². The van der Waals surface area contributed by atoms with E-state index in [1.54, 1.807) is 24.0 Å². The van der Waals surface area contributed by atoms with Gasteiger partial charge in [-0.1, -0.05) is 6.07 Å². The van der Waals surface area contributed by atoms with Gasteiger partial charge in [-0.15, -0.1) is 0 Å². The Morgan fingerprint density at radius 1 is 1.25 bits per heavy atom. The van der Waals surface area contributed by atoms with Gasteiger partial charge in [0.25, 0.3) is 5.91 Å². The van der Waals surface area contributed by atoms with Gasteiger partial charge in [0.2, 0.25) is 5.88 Å². The van der Waals surface area contributed by atoms with Gasteiger partial charge in [0, 0.05) is 30.3 Å². The first-order chi connectivity index (χ1) is 15.4. The molecule has 1 amide bonds. The minimum absolute atomic E-state index is 0.0267. The highest BCUT2D eigenvalue weighted by Crippen LogP contribution is 2.46. The van der Waals surface area contributed by atoms with E-state index < -0.39 is 23.2 Å². The van der Waals surface area contributed by atoms with Gasteiger partial charge in [0.05, 0.1) is 19.4 Å². The van der Waals surface area contributed by atoms with Crippen molar-refractivity contribution < 1.29 is 28.6 Å². The van der Waals surface area contributed by atoms with Gasteiger partial charge in [-0.3, -0.25) is 4.79 Å². The number of rotatable bonds is 3. The smallest absolute Gasteiger partial charge is 0.343 e. The van der Waals surface area contributed by atoms with Gasteiger partial charge < -0.3 is 19.5 Å². The molecule has 2 aliphatic rings. The van der Waals surface area contributed by atoms with Crippen molar-refractivity contribution in [3.63, 3.8) is 0 Å². The third-order valence-corrected chi connectivity index (χ3v) is 6.24. The molecule has 10 heteroatoms. The number of likely N-dealkylation sites (tertiary alicyclic amines) is 1. The van der Waals surface area contributed by atoms with Crippen LogP contribution in [-0.4, -0.2) is 62.8 Å². The monoisotopic (exact) mass is 440 g/mol. The molecule has 5 rings (SSSR count). The number of aromatic nitrogens is 3. The van der Waals surface area contributed by atoms with Crippen molar-refractivity contribution in [2.24, 2.45) is 0 Å². The zero-order chi connectivity index (χ0) is 22.5. The summed E-state index contributed by atoms with van der Waals surface area (Å²) in [6.07, 6.45) is 3.55. The van der Waals surface area contributed by atoms with E-state index in [9.17, 15) is 19.1 Å². The average molecular weight is 440 g/mol. The van der Waals surface area contributed by atoms with Gasteiger partial charge in [-0.05, 0) is 31.9 Å². The third kappa shape index (κ3) is 2.97. The summed E-state index contributed by atoms with van der Waals surface area (Å²) in [7, 11) is 0. The molecule has 0 saturated carbocycles. The number of aromatic hydroxyl groups is 1. The van der Waals surface area contributed by atoms with Crippen molar-refractivity contribution in [1.82, 2.24) is 19.5 Å². The topological polar surface area (TPSA) is 106 Å². The second kappa shape index (κ2) is 7.47. The fourth-order valence-corrected chi connectivity index (χ4v) is 4.55. The lowest BCUT2D eigenvalue weighted by Gasteiger charge is -2.38. The highest BCUT2D eigenvalue weighted by atomic mass is 19.1. The molecule has 166 valence electrons. The van der Waals surface area contributed by atoms with Crippen molar-refractivity contribution in [2.75, 3.05) is 26.3 Å². The molecule has 1 N–H and O–H groups in total. The molecule has 2 aromatic heterocycles. The quantitative estimate of drug-likeness (QED) is 0.623. The Morgan fingerprint density at radius 2 is 2.03 bits per heavy atom. The number of hydrogen-bond donors (Lipinski definition) is 1. The molecule has 4 heterocycles. The lowest BCUT2D eigenvalue weighted by atomic mass is 9.74. The molecule has 0 unspecified atom stereocenters. The number of ether oxygens (including phenoxy) is 2. The third-order valence-electron chi connectivity index (χ3n) is 6.24. The SMILES string of the molecule is CCOC(=O)c1cnn2c(O)c(C(=O)N3CCC4(CC3)COc3cccc(F)c34)cnc12. The lowest BCUT2D eigenvalue weighted by molar-refractivity contribution is 0.0528. The highest BCUT2D eigenvalue weighted by molar-refractivity contribution is 5.98. The molecule has 0 aliphatic carbocycles. The lowest BCUT2D eigenvalue weighted by Crippen LogP contribution is -2.46. The van der Waals surface area contributed by atoms with Gasteiger partial charge in [-0.25, -0.2) is 14.2 Å². The van der Waals surface area contributed by atoms with E-state index in [1.165, 1.54) is 18.5 Å². The minimum atomic E-state index is -0.610. The Morgan fingerprint density at radius 3 is 2.78 bits per heavy atom. The Hall–Kier alpha value is -3.69. The van der Waals surface area contributed by atoms with Gasteiger partial charge >= 0.3 is 5.97 Å². The number of carbonyl (C=O) groups is 2. The summed E-state index contributed by atoms with van der Waals surface area (Å²) in [4.78, 5) is 30.9. The van der Waals surface area contributed by atoms with E-state index in [2.05, 4.69) is 10.1 Å². The number of amides is 1. The molecule has 1 spiro atoms. The van der Waals surface area contributed by atoms with Crippen LogP contribution in [0.5, 0.6) is 11.6 Å². The normalized spacial score (nSPS) is 16.8. The Labute approximate surface area is 182 Å². The first-order valence-corrected chi connectivity index (χ1v) is 10.4. The molecule has 1 aromatic carbocycles. The number of esters is 1. The fourth-order valence-electron chi connectivity index (χ4n) is 4.55. The maximum Gasteiger partial charge on any atom is 0.343 e. The number of piperidine rings is 1. The van der Waals surface area contributed by atoms with E-state index in [0.29, 0.717) is 43.9 Å². The summed E-state index contributed by atoms with van der Waals surface area (Å²) in [5.41, 5.74) is 0.300. The molecule has 32 heavy (non-hydrogen) atoms. The van der Waals surface area contributed by atoms with Crippen LogP contribution >= 0.6 is 0 Å². The van der Waals surface area contributed by atoms with Crippen molar-refractivity contribution in [3.8, 4) is 11.6 Å². The predicted molar refractivity (Wildman–Crippen MR) is 109 cm³/mol. The van der Waals surface area contributed by atoms with Crippen molar-refractivity contribution in [1.29, 1.82) is 0 Å². The molecule has 3 aromatic rings. The van der Waals surface area contributed by atoms with Crippen LogP contribution in [-0.2, 0) is 10.2 Å². The van der Waals surface area contributed by atoms with Crippen LogP contribution in [0, 0.1) is 5.82 Å². The van der Waals surface area contributed by atoms with Gasteiger partial charge in [0.15, 0.2) is 5.65 Å². The predicted octanol–water partition coefficient (Wildman–Crippen LogP) is 2.32. The van der Waals surface area contributed by atoms with Crippen LogP contribution < -0.4 is 4.74 Å². The molecule has 2 aliphatic heterocycles. The zero-order valence-corrected chi connectivity index (χ0v) is 17.4. The number of hydrogen-bond acceptors (Lipinski definition) is 7. The average Bonchev–Trinajstić information content (AvgIpc) is 3.38. The zero-order valence-electron chi connectivity index (χ0n) is 17.4. The first-order valence-electron chi connectivity index (χ1n) is 10.4. The molecule has 0 bridgehead atoms. The van der Waals surface area contributed by atoms with E-state index in [0.717, 1.165) is 4.52 Å². The summed E-state index contributed by atoms with van der Waals surface area (Å²) in [5.74, 6) is -1.15. The Kier molecular flexibility index (Phi) is 4.72. The summed E-state index contributed by atoms with van der Waals surface area (Å²) >= 11 is 0. The maximum absolute atomic E-state index is 14.5. The second-order valence-corrected chi connectivity index (χ2v) is 7.98. The molecule has 0 atom stereocenters. The van der Waals surface area contributed by atoms with E-state index in [4.69, 9.17) is 9.47 Å². The van der Waals surface area contributed by atoms with Crippen LogP contribution in [0.4, 0.5) is 4.39 Å². The van der Waals surface area contributed by atoms with E-state index >= 15 is 0 Å². The highest BCUT2D eigenvalue weighted by Gasteiger charge is 2.46. The summed E-state index contributed by atoms with van der Waals surface area (Å²) in [5, 5.41) is 14.6. The van der Waals surface area contributed by atoms with Crippen LogP contribution in [0.2, 0.25) is 0 Å². The fraction of sp³-hybridized carbons (Fsp3) is 0.364. The summed E-state index contributed by atoms with van der Waals surface area (Å²) < 4.78 is 26.2. The molecule has 0 radical (unpaired) electrons. The minimum Gasteiger partial charge on any atom is -0.493 e. The van der Waals surface area contributed by atoms with Crippen molar-refractivity contribution >= 4 is 17.5 Å². The number of nitrogens with zero attached hydrogens (tertiary/aromatic N) is 4. The largest absolute Gasteiger partial charge is 0.493 e. The number of benzene rings is 1. The number of fused-ring (bicyclic) bond motifs is 3. The van der Waals surface area contributed by atoms with E-state index in [-0.39, 0.29) is 29.2 Å². The molecular weight excluding hydrogens is 419 g/mol. The van der Waals surface area contributed by atoms with Gasteiger partial charge in [-0.2, -0.15) is 9.61 Å². The molecule has 1 saturated heterocycles. The number of carbonyl (C=O) groups excluding carboxylic acids is 2. The van der Waals surface area contributed by atoms with Crippen LogP contribution in [0.1, 0.15) is 46.0 Å². The Balaban J connectivity index is 1.37.